The van der Waals surface area contributed by atoms with Crippen molar-refractivity contribution in [2.24, 2.45) is 0 Å². The van der Waals surface area contributed by atoms with Crippen LogP contribution in [0.3, 0.4) is 0 Å². The maximum absolute atomic E-state index is 4.59. The van der Waals surface area contributed by atoms with E-state index in [2.05, 4.69) is 55.1 Å². The van der Waals surface area contributed by atoms with E-state index in [-0.39, 0.29) is 6.04 Å². The van der Waals surface area contributed by atoms with Gasteiger partial charge in [-0.2, -0.15) is 0 Å². The molecule has 0 fully saturated rings. The van der Waals surface area contributed by atoms with E-state index in [1.807, 2.05) is 19.2 Å². The smallest absolute Gasteiger partial charge is 0.125 e. The molecule has 1 atom stereocenters. The Morgan fingerprint density at radius 3 is 2.40 bits per heavy atom. The Bertz CT molecular complexity index is 605. The number of aromatic nitrogens is 2. The summed E-state index contributed by atoms with van der Waals surface area (Å²) < 4.78 is 0. The summed E-state index contributed by atoms with van der Waals surface area (Å²) in [6.07, 6.45) is 1.83. The van der Waals surface area contributed by atoms with Gasteiger partial charge in [0, 0.05) is 6.20 Å². The van der Waals surface area contributed by atoms with Gasteiger partial charge in [0.15, 0.2) is 0 Å². The van der Waals surface area contributed by atoms with Gasteiger partial charge in [0.05, 0.1) is 11.7 Å². The molecule has 0 saturated carbocycles. The van der Waals surface area contributed by atoms with Crippen molar-refractivity contribution in [1.29, 1.82) is 0 Å². The highest BCUT2D eigenvalue weighted by Crippen LogP contribution is 2.26. The average Bonchev–Trinajstić information content (AvgIpc) is 2.40. The van der Waals surface area contributed by atoms with Crippen molar-refractivity contribution in [3.8, 4) is 0 Å². The summed E-state index contributed by atoms with van der Waals surface area (Å²) in [5.41, 5.74) is 6.29. The van der Waals surface area contributed by atoms with Crippen molar-refractivity contribution in [3.63, 3.8) is 0 Å². The van der Waals surface area contributed by atoms with E-state index in [1.54, 1.807) is 0 Å². The number of nitrogens with one attached hydrogen (secondary N) is 1. The topological polar surface area (TPSA) is 37.8 Å². The Morgan fingerprint density at radius 2 is 1.75 bits per heavy atom. The molecular weight excluding hydrogens is 246 g/mol. The number of hydrogen-bond donors (Lipinski definition) is 1. The quantitative estimate of drug-likeness (QED) is 0.924. The van der Waals surface area contributed by atoms with Crippen LogP contribution in [0.4, 0.5) is 0 Å². The molecule has 3 nitrogen and oxygen atoms in total. The molecule has 1 N–H and O–H groups in total. The molecule has 0 aliphatic heterocycles. The zero-order valence-electron chi connectivity index (χ0n) is 13.0. The van der Waals surface area contributed by atoms with Crippen LogP contribution in [0.25, 0.3) is 0 Å². The summed E-state index contributed by atoms with van der Waals surface area (Å²) in [6, 6.07) is 6.65. The summed E-state index contributed by atoms with van der Waals surface area (Å²) in [5, 5.41) is 3.54. The van der Waals surface area contributed by atoms with Crippen LogP contribution < -0.4 is 5.32 Å². The van der Waals surface area contributed by atoms with Crippen molar-refractivity contribution < 1.29 is 0 Å². The minimum Gasteiger partial charge on any atom is -0.305 e. The van der Waals surface area contributed by atoms with E-state index in [0.29, 0.717) is 0 Å². The summed E-state index contributed by atoms with van der Waals surface area (Å²) in [7, 11) is 0. The SMILES string of the molecule is CCNC(c1ccnc(C)n1)c1cc(C)c(C)cc1C. The highest BCUT2D eigenvalue weighted by molar-refractivity contribution is 5.41. The molecule has 0 bridgehead atoms. The second kappa shape index (κ2) is 6.14. The Kier molecular flexibility index (Phi) is 4.50. The molecule has 106 valence electrons. The van der Waals surface area contributed by atoms with E-state index in [4.69, 9.17) is 0 Å². The highest BCUT2D eigenvalue weighted by Gasteiger charge is 2.17. The Balaban J connectivity index is 2.51. The molecule has 0 radical (unpaired) electrons. The van der Waals surface area contributed by atoms with Gasteiger partial charge in [-0.3, -0.25) is 0 Å². The predicted molar refractivity (Wildman–Crippen MR) is 82.9 cm³/mol. The highest BCUT2D eigenvalue weighted by atomic mass is 15.0. The first-order valence-electron chi connectivity index (χ1n) is 7.13. The molecule has 1 unspecified atom stereocenters. The molecule has 1 heterocycles. The Labute approximate surface area is 121 Å². The van der Waals surface area contributed by atoms with Gasteiger partial charge in [0.25, 0.3) is 0 Å². The fourth-order valence-corrected chi connectivity index (χ4v) is 2.51. The lowest BCUT2D eigenvalue weighted by molar-refractivity contribution is 0.608. The Morgan fingerprint density at radius 1 is 1.05 bits per heavy atom. The van der Waals surface area contributed by atoms with Crippen LogP contribution in [-0.4, -0.2) is 16.5 Å². The second-order valence-electron chi connectivity index (χ2n) is 5.31. The molecule has 0 spiro atoms. The van der Waals surface area contributed by atoms with E-state index in [0.717, 1.165) is 18.1 Å². The van der Waals surface area contributed by atoms with Gasteiger partial charge >= 0.3 is 0 Å². The van der Waals surface area contributed by atoms with Crippen molar-refractivity contribution in [1.82, 2.24) is 15.3 Å². The van der Waals surface area contributed by atoms with Crippen molar-refractivity contribution in [2.45, 2.75) is 40.7 Å². The van der Waals surface area contributed by atoms with Crippen LogP contribution in [0.15, 0.2) is 24.4 Å². The summed E-state index contributed by atoms with van der Waals surface area (Å²) in [6.45, 7) is 11.4. The lowest BCUT2D eigenvalue weighted by Crippen LogP contribution is -2.24. The number of aryl methyl sites for hydroxylation is 4. The van der Waals surface area contributed by atoms with Gasteiger partial charge in [-0.15, -0.1) is 0 Å². The molecule has 0 aliphatic carbocycles. The minimum absolute atomic E-state index is 0.126. The van der Waals surface area contributed by atoms with E-state index in [1.165, 1.54) is 22.3 Å². The van der Waals surface area contributed by atoms with Gasteiger partial charge in [-0.05, 0) is 62.6 Å². The first-order chi connectivity index (χ1) is 9.52. The fourth-order valence-electron chi connectivity index (χ4n) is 2.51. The largest absolute Gasteiger partial charge is 0.305 e. The number of nitrogens with zero attached hydrogens (tertiary/aromatic N) is 2. The second-order valence-corrected chi connectivity index (χ2v) is 5.31. The lowest BCUT2D eigenvalue weighted by Gasteiger charge is -2.21. The molecule has 0 amide bonds. The van der Waals surface area contributed by atoms with Gasteiger partial charge in [-0.25, -0.2) is 9.97 Å². The standard InChI is InChI=1S/C17H23N3/c1-6-18-17(16-7-8-19-14(5)20-16)15-10-12(3)11(2)9-13(15)4/h7-10,17-18H,6H2,1-5H3. The van der Waals surface area contributed by atoms with E-state index in [9.17, 15) is 0 Å². The number of hydrogen-bond acceptors (Lipinski definition) is 3. The van der Waals surface area contributed by atoms with Gasteiger partial charge in [-0.1, -0.05) is 19.1 Å². The monoisotopic (exact) mass is 269 g/mol. The van der Waals surface area contributed by atoms with Gasteiger partial charge in [0.1, 0.15) is 5.82 Å². The zero-order chi connectivity index (χ0) is 14.7. The van der Waals surface area contributed by atoms with E-state index < -0.39 is 0 Å². The molecule has 1 aromatic heterocycles. The van der Waals surface area contributed by atoms with Gasteiger partial charge < -0.3 is 5.32 Å². The lowest BCUT2D eigenvalue weighted by atomic mass is 9.94. The first-order valence-corrected chi connectivity index (χ1v) is 7.13. The van der Waals surface area contributed by atoms with Crippen molar-refractivity contribution in [2.75, 3.05) is 6.54 Å². The average molecular weight is 269 g/mol. The maximum Gasteiger partial charge on any atom is 0.125 e. The van der Waals surface area contributed by atoms with Crippen LogP contribution in [0.1, 0.15) is 46.7 Å². The normalized spacial score (nSPS) is 12.4. The summed E-state index contributed by atoms with van der Waals surface area (Å²) >= 11 is 0. The third kappa shape index (κ3) is 3.05. The zero-order valence-corrected chi connectivity index (χ0v) is 13.0. The molecule has 0 saturated heterocycles. The van der Waals surface area contributed by atoms with Crippen molar-refractivity contribution in [3.05, 3.63) is 58.2 Å². The summed E-state index contributed by atoms with van der Waals surface area (Å²) in [4.78, 5) is 8.78. The van der Waals surface area contributed by atoms with Crippen LogP contribution in [0, 0.1) is 27.7 Å². The molecule has 1 aromatic carbocycles. The first kappa shape index (κ1) is 14.7. The number of rotatable bonds is 4. The molecule has 2 aromatic rings. The van der Waals surface area contributed by atoms with Gasteiger partial charge in [0.2, 0.25) is 0 Å². The molecule has 2 rings (SSSR count). The van der Waals surface area contributed by atoms with Crippen LogP contribution in [0.2, 0.25) is 0 Å². The third-order valence-electron chi connectivity index (χ3n) is 3.69. The molecule has 3 heteroatoms. The van der Waals surface area contributed by atoms with Crippen LogP contribution >= 0.6 is 0 Å². The summed E-state index contributed by atoms with van der Waals surface area (Å²) in [5.74, 6) is 0.812. The minimum atomic E-state index is 0.126. The molecule has 20 heavy (non-hydrogen) atoms. The Hall–Kier alpha value is -1.74. The molecule has 0 aliphatic rings. The maximum atomic E-state index is 4.59. The number of benzene rings is 1. The van der Waals surface area contributed by atoms with E-state index >= 15 is 0 Å². The molecular formula is C17H23N3. The van der Waals surface area contributed by atoms with Crippen LogP contribution in [0.5, 0.6) is 0 Å². The third-order valence-corrected chi connectivity index (χ3v) is 3.69. The van der Waals surface area contributed by atoms with Crippen LogP contribution in [-0.2, 0) is 0 Å². The predicted octanol–water partition coefficient (Wildman–Crippen LogP) is 3.41. The fraction of sp³-hybridized carbons (Fsp3) is 0.412. The van der Waals surface area contributed by atoms with Crippen molar-refractivity contribution >= 4 is 0 Å².